The lowest BCUT2D eigenvalue weighted by Crippen LogP contribution is -2.15. The first-order valence-corrected chi connectivity index (χ1v) is 4.82. The van der Waals surface area contributed by atoms with Gasteiger partial charge in [0.05, 0.1) is 0 Å². The summed E-state index contributed by atoms with van der Waals surface area (Å²) in [6, 6.07) is 0. The van der Waals surface area contributed by atoms with Gasteiger partial charge < -0.3 is 0 Å². The molecule has 0 N–H and O–H groups in total. The Balaban J connectivity index is 2.43. The zero-order chi connectivity index (χ0) is 9.03. The lowest BCUT2D eigenvalue weighted by atomic mass is 9.83. The maximum absolute atomic E-state index is 11.3. The second kappa shape index (κ2) is 3.88. The number of hydrogen-bond donors (Lipinski definition) is 0. The van der Waals surface area contributed by atoms with Gasteiger partial charge in [0, 0.05) is 6.42 Å². The Morgan fingerprint density at radius 1 is 1.42 bits per heavy atom. The Morgan fingerprint density at radius 2 is 2.00 bits per heavy atom. The van der Waals surface area contributed by atoms with Crippen LogP contribution in [0.25, 0.3) is 0 Å². The SMILES string of the molecule is C/C=C/C(=O)CC1(C)CCCC1. The molecule has 1 nitrogen and oxygen atoms in total. The van der Waals surface area contributed by atoms with Crippen LogP contribution >= 0.6 is 0 Å². The number of ketones is 1. The first-order chi connectivity index (χ1) is 5.66. The molecule has 12 heavy (non-hydrogen) atoms. The molecule has 0 aromatic rings. The number of carbonyl (C=O) groups is 1. The van der Waals surface area contributed by atoms with E-state index in [-0.39, 0.29) is 0 Å². The molecule has 1 saturated carbocycles. The van der Waals surface area contributed by atoms with E-state index in [2.05, 4.69) is 6.92 Å². The largest absolute Gasteiger partial charge is 0.295 e. The molecule has 0 saturated heterocycles. The number of carbonyl (C=O) groups excluding carboxylic acids is 1. The maximum atomic E-state index is 11.3. The van der Waals surface area contributed by atoms with Gasteiger partial charge in [0.1, 0.15) is 0 Å². The molecule has 1 aliphatic rings. The molecule has 1 fully saturated rings. The Labute approximate surface area is 74.9 Å². The highest BCUT2D eigenvalue weighted by atomic mass is 16.1. The summed E-state index contributed by atoms with van der Waals surface area (Å²) < 4.78 is 0. The van der Waals surface area contributed by atoms with Crippen molar-refractivity contribution in [2.45, 2.75) is 46.0 Å². The maximum Gasteiger partial charge on any atom is 0.155 e. The van der Waals surface area contributed by atoms with Gasteiger partial charge in [-0.1, -0.05) is 25.8 Å². The molecule has 0 atom stereocenters. The highest BCUT2D eigenvalue weighted by molar-refractivity contribution is 5.90. The van der Waals surface area contributed by atoms with Crippen LogP contribution < -0.4 is 0 Å². The number of hydrogen-bond acceptors (Lipinski definition) is 1. The van der Waals surface area contributed by atoms with Crippen molar-refractivity contribution in [1.82, 2.24) is 0 Å². The number of allylic oxidation sites excluding steroid dienone is 2. The molecular formula is C11H18O. The van der Waals surface area contributed by atoms with E-state index in [1.807, 2.05) is 13.0 Å². The molecule has 68 valence electrons. The van der Waals surface area contributed by atoms with Gasteiger partial charge in [-0.3, -0.25) is 4.79 Å². The van der Waals surface area contributed by atoms with Crippen LogP contribution in [0.4, 0.5) is 0 Å². The summed E-state index contributed by atoms with van der Waals surface area (Å²) in [6.07, 6.45) is 9.35. The summed E-state index contributed by atoms with van der Waals surface area (Å²) in [5, 5.41) is 0. The molecule has 0 spiro atoms. The summed E-state index contributed by atoms with van der Waals surface area (Å²) in [7, 11) is 0. The van der Waals surface area contributed by atoms with Crippen LogP contribution in [0.3, 0.4) is 0 Å². The van der Waals surface area contributed by atoms with Crippen LogP contribution in [0.1, 0.15) is 46.0 Å². The Bertz CT molecular complexity index is 185. The van der Waals surface area contributed by atoms with E-state index < -0.39 is 0 Å². The molecule has 0 radical (unpaired) electrons. The second-order valence-electron chi connectivity index (χ2n) is 4.16. The third-order valence-electron chi connectivity index (χ3n) is 2.76. The van der Waals surface area contributed by atoms with Crippen molar-refractivity contribution in [3.63, 3.8) is 0 Å². The Hall–Kier alpha value is -0.590. The van der Waals surface area contributed by atoms with Crippen molar-refractivity contribution in [3.8, 4) is 0 Å². The average Bonchev–Trinajstić information content (AvgIpc) is 2.36. The van der Waals surface area contributed by atoms with Gasteiger partial charge in [-0.05, 0) is 31.3 Å². The smallest absolute Gasteiger partial charge is 0.155 e. The summed E-state index contributed by atoms with van der Waals surface area (Å²) in [6.45, 7) is 4.14. The normalized spacial score (nSPS) is 21.8. The van der Waals surface area contributed by atoms with E-state index in [1.54, 1.807) is 6.08 Å². The highest BCUT2D eigenvalue weighted by Gasteiger charge is 2.29. The zero-order valence-electron chi connectivity index (χ0n) is 8.10. The van der Waals surface area contributed by atoms with Crippen LogP contribution in [0.15, 0.2) is 12.2 Å². The van der Waals surface area contributed by atoms with Gasteiger partial charge in [0.2, 0.25) is 0 Å². The Morgan fingerprint density at radius 3 is 2.50 bits per heavy atom. The standard InChI is InChI=1S/C11H18O/c1-3-6-10(12)9-11(2)7-4-5-8-11/h3,6H,4-5,7-9H2,1-2H3/b6-3+. The van der Waals surface area contributed by atoms with E-state index in [0.717, 1.165) is 6.42 Å². The van der Waals surface area contributed by atoms with Crippen LogP contribution in [0.5, 0.6) is 0 Å². The zero-order valence-corrected chi connectivity index (χ0v) is 8.10. The van der Waals surface area contributed by atoms with E-state index >= 15 is 0 Å². The molecule has 1 rings (SSSR count). The molecule has 1 aliphatic carbocycles. The summed E-state index contributed by atoms with van der Waals surface area (Å²) in [5.41, 5.74) is 0.316. The highest BCUT2D eigenvalue weighted by Crippen LogP contribution is 2.40. The van der Waals surface area contributed by atoms with Gasteiger partial charge in [-0.25, -0.2) is 0 Å². The van der Waals surface area contributed by atoms with Crippen molar-refractivity contribution < 1.29 is 4.79 Å². The van der Waals surface area contributed by atoms with Crippen molar-refractivity contribution in [3.05, 3.63) is 12.2 Å². The molecule has 0 amide bonds. The van der Waals surface area contributed by atoms with E-state index in [9.17, 15) is 4.79 Å². The van der Waals surface area contributed by atoms with Gasteiger partial charge in [0.25, 0.3) is 0 Å². The molecule has 0 aromatic carbocycles. The van der Waals surface area contributed by atoms with Crippen LogP contribution in [0, 0.1) is 5.41 Å². The minimum absolute atomic E-state index is 0.293. The second-order valence-corrected chi connectivity index (χ2v) is 4.16. The van der Waals surface area contributed by atoms with E-state index in [0.29, 0.717) is 11.2 Å². The predicted octanol–water partition coefficient (Wildman–Crippen LogP) is 3.10. The van der Waals surface area contributed by atoms with Gasteiger partial charge in [0.15, 0.2) is 5.78 Å². The Kier molecular flexibility index (Phi) is 3.07. The first kappa shape index (κ1) is 9.50. The lowest BCUT2D eigenvalue weighted by molar-refractivity contribution is -0.116. The fraction of sp³-hybridized carbons (Fsp3) is 0.727. The van der Waals surface area contributed by atoms with Crippen molar-refractivity contribution in [2.24, 2.45) is 5.41 Å². The fourth-order valence-electron chi connectivity index (χ4n) is 2.07. The predicted molar refractivity (Wildman–Crippen MR) is 51.0 cm³/mol. The molecule has 0 heterocycles. The minimum atomic E-state index is 0.293. The van der Waals surface area contributed by atoms with Crippen LogP contribution in [-0.4, -0.2) is 5.78 Å². The molecule has 0 aliphatic heterocycles. The van der Waals surface area contributed by atoms with Crippen molar-refractivity contribution in [1.29, 1.82) is 0 Å². The molecule has 1 heteroatoms. The van der Waals surface area contributed by atoms with Crippen LogP contribution in [0.2, 0.25) is 0 Å². The van der Waals surface area contributed by atoms with Crippen molar-refractivity contribution in [2.75, 3.05) is 0 Å². The van der Waals surface area contributed by atoms with Crippen LogP contribution in [-0.2, 0) is 4.79 Å². The third kappa shape index (κ3) is 2.47. The summed E-state index contributed by atoms with van der Waals surface area (Å²) >= 11 is 0. The molecule has 0 bridgehead atoms. The fourth-order valence-corrected chi connectivity index (χ4v) is 2.07. The lowest BCUT2D eigenvalue weighted by Gasteiger charge is -2.21. The summed E-state index contributed by atoms with van der Waals surface area (Å²) in [4.78, 5) is 11.3. The monoisotopic (exact) mass is 166 g/mol. The number of rotatable bonds is 3. The third-order valence-corrected chi connectivity index (χ3v) is 2.76. The molecular weight excluding hydrogens is 148 g/mol. The topological polar surface area (TPSA) is 17.1 Å². The van der Waals surface area contributed by atoms with E-state index in [1.165, 1.54) is 25.7 Å². The first-order valence-electron chi connectivity index (χ1n) is 4.82. The van der Waals surface area contributed by atoms with Gasteiger partial charge >= 0.3 is 0 Å². The molecule has 0 unspecified atom stereocenters. The van der Waals surface area contributed by atoms with Crippen molar-refractivity contribution >= 4 is 5.78 Å². The van der Waals surface area contributed by atoms with E-state index in [4.69, 9.17) is 0 Å². The summed E-state index contributed by atoms with van der Waals surface area (Å²) in [5.74, 6) is 0.293. The molecule has 0 aromatic heterocycles. The van der Waals surface area contributed by atoms with Gasteiger partial charge in [-0.15, -0.1) is 0 Å². The quantitative estimate of drug-likeness (QED) is 0.589. The minimum Gasteiger partial charge on any atom is -0.295 e. The average molecular weight is 166 g/mol. The van der Waals surface area contributed by atoms with Gasteiger partial charge in [-0.2, -0.15) is 0 Å².